The van der Waals surface area contributed by atoms with E-state index in [4.69, 9.17) is 5.21 Å². The second kappa shape index (κ2) is 6.80. The number of rotatable bonds is 4. The van der Waals surface area contributed by atoms with Gasteiger partial charge in [-0.25, -0.2) is 13.9 Å². The van der Waals surface area contributed by atoms with E-state index in [1.807, 2.05) is 6.92 Å². The molecule has 0 unspecified atom stereocenters. The lowest BCUT2D eigenvalue weighted by atomic mass is 10.0. The first-order chi connectivity index (χ1) is 10.7. The van der Waals surface area contributed by atoms with Crippen molar-refractivity contribution in [1.29, 1.82) is 0 Å². The van der Waals surface area contributed by atoms with Gasteiger partial charge in [0.15, 0.2) is 0 Å². The summed E-state index contributed by atoms with van der Waals surface area (Å²) in [6.45, 7) is 5.83. The van der Waals surface area contributed by atoms with Crippen LogP contribution >= 0.6 is 11.8 Å². The number of thioether (sulfide) groups is 1. The largest absolute Gasteiger partial charge is 0.289 e. The summed E-state index contributed by atoms with van der Waals surface area (Å²) < 4.78 is 26.5. The minimum atomic E-state index is -3.81. The fourth-order valence-electron chi connectivity index (χ4n) is 2.75. The predicted octanol–water partition coefficient (Wildman–Crippen LogP) is 1.64. The second-order valence-electron chi connectivity index (χ2n) is 5.94. The molecule has 0 aliphatic carbocycles. The Morgan fingerprint density at radius 2 is 2.00 bits per heavy atom. The van der Waals surface area contributed by atoms with Gasteiger partial charge in [0.05, 0.1) is 4.90 Å². The highest BCUT2D eigenvalue weighted by Gasteiger charge is 2.48. The van der Waals surface area contributed by atoms with Gasteiger partial charge in [-0.05, 0) is 38.0 Å². The van der Waals surface area contributed by atoms with Gasteiger partial charge in [-0.3, -0.25) is 10.0 Å². The van der Waals surface area contributed by atoms with Crippen molar-refractivity contribution >= 4 is 27.7 Å². The van der Waals surface area contributed by atoms with Crippen molar-refractivity contribution in [1.82, 2.24) is 9.79 Å². The number of aryl methyl sites for hydroxylation is 1. The zero-order chi connectivity index (χ0) is 17.3. The van der Waals surface area contributed by atoms with Crippen LogP contribution < -0.4 is 5.48 Å². The molecule has 1 aliphatic heterocycles. The third-order valence-corrected chi connectivity index (χ3v) is 7.26. The van der Waals surface area contributed by atoms with E-state index in [1.165, 1.54) is 16.1 Å². The lowest BCUT2D eigenvalue weighted by molar-refractivity contribution is -0.134. The van der Waals surface area contributed by atoms with Gasteiger partial charge >= 0.3 is 0 Å². The molecule has 1 aromatic carbocycles. The number of hydrogen-bond acceptors (Lipinski definition) is 5. The lowest BCUT2D eigenvalue weighted by Gasteiger charge is -2.43. The highest BCUT2D eigenvalue weighted by atomic mass is 32.2. The van der Waals surface area contributed by atoms with Crippen molar-refractivity contribution in [3.05, 3.63) is 29.8 Å². The normalized spacial score (nSPS) is 21.8. The van der Waals surface area contributed by atoms with E-state index >= 15 is 0 Å². The fourth-order valence-corrected chi connectivity index (χ4v) is 5.86. The first kappa shape index (κ1) is 18.3. The summed E-state index contributed by atoms with van der Waals surface area (Å²) in [7, 11) is -3.81. The summed E-state index contributed by atoms with van der Waals surface area (Å²) in [5.41, 5.74) is 2.65. The summed E-state index contributed by atoms with van der Waals surface area (Å²) in [5, 5.41) is 9.01. The zero-order valence-corrected chi connectivity index (χ0v) is 15.1. The molecule has 1 aromatic rings. The molecule has 1 atom stereocenters. The van der Waals surface area contributed by atoms with Crippen LogP contribution in [0.3, 0.4) is 0 Å². The van der Waals surface area contributed by atoms with E-state index in [0.29, 0.717) is 5.75 Å². The molecule has 0 saturated carbocycles. The van der Waals surface area contributed by atoms with Crippen LogP contribution in [0.2, 0.25) is 0 Å². The zero-order valence-electron chi connectivity index (χ0n) is 13.4. The van der Waals surface area contributed by atoms with Gasteiger partial charge < -0.3 is 0 Å². The molecular weight excluding hydrogens is 336 g/mol. The molecule has 1 aliphatic rings. The lowest BCUT2D eigenvalue weighted by Crippen LogP contribution is -2.61. The molecule has 6 nitrogen and oxygen atoms in total. The topological polar surface area (TPSA) is 86.7 Å². The Bertz CT molecular complexity index is 671. The van der Waals surface area contributed by atoms with Gasteiger partial charge in [-0.15, -0.1) is 0 Å². The number of nitrogens with zero attached hydrogens (tertiary/aromatic N) is 1. The number of nitrogens with one attached hydrogen (secondary N) is 1. The fraction of sp³-hybridized carbons (Fsp3) is 0.533. The summed E-state index contributed by atoms with van der Waals surface area (Å²) in [6.07, 6.45) is 0.823. The minimum absolute atomic E-state index is 0.160. The Kier molecular flexibility index (Phi) is 5.40. The maximum Gasteiger partial charge on any atom is 0.263 e. The summed E-state index contributed by atoms with van der Waals surface area (Å²) >= 11 is 1.52. The number of carbonyl (C=O) groups excluding carboxylic acids is 1. The Hall–Kier alpha value is -1.09. The number of hydrogen-bond donors (Lipinski definition) is 2. The van der Waals surface area contributed by atoms with Crippen LogP contribution in [0.1, 0.15) is 26.3 Å². The second-order valence-corrected chi connectivity index (χ2v) is 9.58. The molecule has 0 aromatic heterocycles. The average molecular weight is 358 g/mol. The van der Waals surface area contributed by atoms with E-state index in [0.717, 1.165) is 12.0 Å². The van der Waals surface area contributed by atoms with Crippen molar-refractivity contribution in [2.75, 3.05) is 12.3 Å². The predicted molar refractivity (Wildman–Crippen MR) is 90.0 cm³/mol. The monoisotopic (exact) mass is 358 g/mol. The van der Waals surface area contributed by atoms with Gasteiger partial charge in [0, 0.05) is 17.0 Å². The molecule has 1 amide bonds. The van der Waals surface area contributed by atoms with Gasteiger partial charge in [-0.2, -0.15) is 16.1 Å². The Balaban J connectivity index is 2.44. The summed E-state index contributed by atoms with van der Waals surface area (Å²) in [6, 6.07) is 5.71. The maximum atomic E-state index is 13.0. The molecule has 128 valence electrons. The molecule has 1 fully saturated rings. The smallest absolute Gasteiger partial charge is 0.263 e. The van der Waals surface area contributed by atoms with Crippen LogP contribution in [0.15, 0.2) is 29.2 Å². The summed E-state index contributed by atoms with van der Waals surface area (Å²) in [5.74, 6) is -0.120. The molecular formula is C15H22N2O4S2. The van der Waals surface area contributed by atoms with E-state index in [-0.39, 0.29) is 11.4 Å². The van der Waals surface area contributed by atoms with Crippen LogP contribution in [0.4, 0.5) is 0 Å². The number of hydroxylamine groups is 1. The molecule has 0 bridgehead atoms. The number of sulfonamides is 1. The van der Waals surface area contributed by atoms with Crippen LogP contribution in [0.25, 0.3) is 0 Å². The molecule has 23 heavy (non-hydrogen) atoms. The molecule has 0 spiro atoms. The number of benzene rings is 1. The third-order valence-electron chi connectivity index (χ3n) is 4.03. The van der Waals surface area contributed by atoms with E-state index in [1.54, 1.807) is 43.6 Å². The summed E-state index contributed by atoms with van der Waals surface area (Å²) in [4.78, 5) is 12.3. The quantitative estimate of drug-likeness (QED) is 0.631. The van der Waals surface area contributed by atoms with Crippen LogP contribution in [-0.4, -0.2) is 46.9 Å². The van der Waals surface area contributed by atoms with Crippen molar-refractivity contribution in [2.45, 2.75) is 42.9 Å². The first-order valence-electron chi connectivity index (χ1n) is 7.42. The van der Waals surface area contributed by atoms with E-state index < -0.39 is 26.7 Å². The van der Waals surface area contributed by atoms with Crippen molar-refractivity contribution < 1.29 is 18.4 Å². The average Bonchev–Trinajstić information content (AvgIpc) is 2.53. The SMILES string of the molecule is CCc1ccc(S(=O)(=O)N2CCSC(C)(C)[C@@H]2C(=O)NO)cc1. The van der Waals surface area contributed by atoms with Crippen LogP contribution in [-0.2, 0) is 21.2 Å². The highest BCUT2D eigenvalue weighted by Crippen LogP contribution is 2.38. The molecule has 8 heteroatoms. The van der Waals surface area contributed by atoms with Crippen LogP contribution in [0, 0.1) is 0 Å². The Morgan fingerprint density at radius 1 is 1.39 bits per heavy atom. The van der Waals surface area contributed by atoms with Gasteiger partial charge in [0.1, 0.15) is 6.04 Å². The number of carbonyl (C=O) groups is 1. The minimum Gasteiger partial charge on any atom is -0.289 e. The molecule has 0 radical (unpaired) electrons. The maximum absolute atomic E-state index is 13.0. The number of amides is 1. The van der Waals surface area contributed by atoms with E-state index in [2.05, 4.69) is 0 Å². The van der Waals surface area contributed by atoms with Crippen molar-refractivity contribution in [2.24, 2.45) is 0 Å². The first-order valence-corrected chi connectivity index (χ1v) is 9.85. The van der Waals surface area contributed by atoms with Gasteiger partial charge in [-0.1, -0.05) is 19.1 Å². The molecule has 2 N–H and O–H groups in total. The van der Waals surface area contributed by atoms with E-state index in [9.17, 15) is 13.2 Å². The molecule has 2 rings (SSSR count). The third kappa shape index (κ3) is 3.55. The Morgan fingerprint density at radius 3 is 2.52 bits per heavy atom. The Labute approximate surface area is 141 Å². The van der Waals surface area contributed by atoms with Crippen molar-refractivity contribution in [3.63, 3.8) is 0 Å². The van der Waals surface area contributed by atoms with Gasteiger partial charge in [0.25, 0.3) is 5.91 Å². The van der Waals surface area contributed by atoms with Crippen LogP contribution in [0.5, 0.6) is 0 Å². The highest BCUT2D eigenvalue weighted by molar-refractivity contribution is 8.00. The standard InChI is InChI=1S/C15H22N2O4S2/c1-4-11-5-7-12(8-6-11)23(20,21)17-9-10-22-15(2,3)13(17)14(18)16-19/h5-8,13,19H,4,9-10H2,1-3H3,(H,16,18)/t13-/m0/s1. The van der Waals surface area contributed by atoms with Gasteiger partial charge in [0.2, 0.25) is 10.0 Å². The molecule has 1 saturated heterocycles. The molecule has 1 heterocycles. The van der Waals surface area contributed by atoms with Crippen molar-refractivity contribution in [3.8, 4) is 0 Å².